The van der Waals surface area contributed by atoms with Crippen LogP contribution in [0.2, 0.25) is 0 Å². The van der Waals surface area contributed by atoms with E-state index >= 15 is 0 Å². The Labute approximate surface area is 84.6 Å². The van der Waals surface area contributed by atoms with Gasteiger partial charge in [-0.1, -0.05) is 0 Å². The molecule has 0 aromatic carbocycles. The summed E-state index contributed by atoms with van der Waals surface area (Å²) in [6.45, 7) is 1.98. The summed E-state index contributed by atoms with van der Waals surface area (Å²) in [4.78, 5) is 11.7. The van der Waals surface area contributed by atoms with E-state index in [0.29, 0.717) is 5.76 Å². The second-order valence-corrected chi connectivity index (χ2v) is 3.98. The van der Waals surface area contributed by atoms with Gasteiger partial charge in [0.05, 0.1) is 0 Å². The van der Waals surface area contributed by atoms with Gasteiger partial charge in [0.1, 0.15) is 5.76 Å². The zero-order valence-corrected chi connectivity index (χ0v) is 8.30. The fraction of sp³-hybridized carbons (Fsp3) is 0.100. The van der Waals surface area contributed by atoms with Gasteiger partial charge in [-0.05, 0) is 30.5 Å². The first-order valence-electron chi connectivity index (χ1n) is 4.06. The lowest BCUT2D eigenvalue weighted by atomic mass is 10.2. The molecule has 0 radical (unpaired) electrons. The Morgan fingerprint density at radius 1 is 1.43 bits per heavy atom. The summed E-state index contributed by atoms with van der Waals surface area (Å²) in [5.41, 5.74) is 0.961. The topological polar surface area (TPSA) is 50.4 Å². The summed E-state index contributed by atoms with van der Waals surface area (Å²) in [5.74, 6) is -0.448. The van der Waals surface area contributed by atoms with Crippen LogP contribution in [0, 0.1) is 6.92 Å². The number of furan rings is 1. The number of carboxylic acids is 1. The second kappa shape index (κ2) is 3.31. The molecule has 2 heterocycles. The second-order valence-electron chi connectivity index (χ2n) is 2.86. The number of rotatable bonds is 2. The molecule has 0 aliphatic rings. The summed E-state index contributed by atoms with van der Waals surface area (Å²) in [5, 5.41) is 10.6. The first-order chi connectivity index (χ1) is 6.68. The maximum absolute atomic E-state index is 10.6. The van der Waals surface area contributed by atoms with Crippen molar-refractivity contribution < 1.29 is 14.3 Å². The van der Waals surface area contributed by atoms with Crippen molar-refractivity contribution >= 4 is 17.3 Å². The molecule has 0 amide bonds. The van der Waals surface area contributed by atoms with E-state index in [-0.39, 0.29) is 5.76 Å². The lowest BCUT2D eigenvalue weighted by Gasteiger charge is -1.93. The number of thiophene rings is 1. The normalized spacial score (nSPS) is 10.4. The summed E-state index contributed by atoms with van der Waals surface area (Å²) in [6, 6.07) is 5.07. The zero-order valence-electron chi connectivity index (χ0n) is 7.48. The Kier molecular flexibility index (Phi) is 2.13. The molecule has 0 unspecified atom stereocenters. The maximum Gasteiger partial charge on any atom is 0.371 e. The number of aryl methyl sites for hydroxylation is 1. The van der Waals surface area contributed by atoms with Crippen LogP contribution in [0.4, 0.5) is 0 Å². The Balaban J connectivity index is 2.43. The highest BCUT2D eigenvalue weighted by molar-refractivity contribution is 7.10. The Morgan fingerprint density at radius 2 is 2.21 bits per heavy atom. The molecule has 0 saturated carbocycles. The minimum absolute atomic E-state index is 0.0226. The van der Waals surface area contributed by atoms with E-state index in [1.165, 1.54) is 6.07 Å². The third-order valence-electron chi connectivity index (χ3n) is 1.94. The fourth-order valence-electron chi connectivity index (χ4n) is 1.24. The van der Waals surface area contributed by atoms with E-state index in [1.54, 1.807) is 17.4 Å². The lowest BCUT2D eigenvalue weighted by molar-refractivity contribution is 0.0663. The van der Waals surface area contributed by atoms with E-state index in [4.69, 9.17) is 9.52 Å². The van der Waals surface area contributed by atoms with Gasteiger partial charge in [-0.15, -0.1) is 11.3 Å². The first kappa shape index (κ1) is 9.02. The van der Waals surface area contributed by atoms with E-state index in [9.17, 15) is 4.79 Å². The molecular weight excluding hydrogens is 200 g/mol. The van der Waals surface area contributed by atoms with Crippen molar-refractivity contribution in [2.24, 2.45) is 0 Å². The highest BCUT2D eigenvalue weighted by atomic mass is 32.1. The monoisotopic (exact) mass is 208 g/mol. The van der Waals surface area contributed by atoms with Gasteiger partial charge in [-0.3, -0.25) is 0 Å². The quantitative estimate of drug-likeness (QED) is 0.825. The molecule has 2 aromatic heterocycles. The van der Waals surface area contributed by atoms with Gasteiger partial charge in [0.15, 0.2) is 0 Å². The molecule has 14 heavy (non-hydrogen) atoms. The van der Waals surface area contributed by atoms with Gasteiger partial charge in [0, 0.05) is 10.4 Å². The molecule has 72 valence electrons. The van der Waals surface area contributed by atoms with Crippen molar-refractivity contribution in [3.63, 3.8) is 0 Å². The third kappa shape index (κ3) is 1.44. The van der Waals surface area contributed by atoms with Crippen molar-refractivity contribution in [3.8, 4) is 11.3 Å². The number of carboxylic acid groups (broad SMARTS) is 1. The number of aromatic carboxylic acids is 1. The van der Waals surface area contributed by atoms with Crippen LogP contribution < -0.4 is 0 Å². The number of hydrogen-bond donors (Lipinski definition) is 1. The Bertz CT molecular complexity index is 467. The smallest absolute Gasteiger partial charge is 0.371 e. The molecule has 0 aliphatic carbocycles. The van der Waals surface area contributed by atoms with Gasteiger partial charge >= 0.3 is 5.97 Å². The van der Waals surface area contributed by atoms with Crippen LogP contribution in [-0.4, -0.2) is 11.1 Å². The van der Waals surface area contributed by atoms with Crippen LogP contribution in [-0.2, 0) is 0 Å². The van der Waals surface area contributed by atoms with Gasteiger partial charge < -0.3 is 9.52 Å². The number of carbonyl (C=O) groups is 1. The SMILES string of the molecule is Cc1sccc1-c1ccc(C(=O)O)o1. The van der Waals surface area contributed by atoms with Crippen molar-refractivity contribution in [1.29, 1.82) is 0 Å². The first-order valence-corrected chi connectivity index (χ1v) is 4.94. The maximum atomic E-state index is 10.6. The average molecular weight is 208 g/mol. The molecule has 0 fully saturated rings. The highest BCUT2D eigenvalue weighted by Gasteiger charge is 2.11. The lowest BCUT2D eigenvalue weighted by Crippen LogP contribution is -1.91. The van der Waals surface area contributed by atoms with Crippen LogP contribution in [0.25, 0.3) is 11.3 Å². The minimum Gasteiger partial charge on any atom is -0.475 e. The Hall–Kier alpha value is -1.55. The van der Waals surface area contributed by atoms with Crippen LogP contribution in [0.1, 0.15) is 15.4 Å². The van der Waals surface area contributed by atoms with Gasteiger partial charge in [0.25, 0.3) is 0 Å². The largest absolute Gasteiger partial charge is 0.475 e. The molecule has 0 aliphatic heterocycles. The van der Waals surface area contributed by atoms with Crippen molar-refractivity contribution in [3.05, 3.63) is 34.2 Å². The fourth-order valence-corrected chi connectivity index (χ4v) is 1.94. The van der Waals surface area contributed by atoms with E-state index in [2.05, 4.69) is 0 Å². The standard InChI is InChI=1S/C10H8O3S/c1-6-7(4-5-14-6)8-2-3-9(13-8)10(11)12/h2-5H,1H3,(H,11,12). The molecule has 2 rings (SSSR count). The molecule has 3 nitrogen and oxygen atoms in total. The van der Waals surface area contributed by atoms with Gasteiger partial charge in [-0.25, -0.2) is 4.79 Å². The zero-order chi connectivity index (χ0) is 10.1. The summed E-state index contributed by atoms with van der Waals surface area (Å²) >= 11 is 1.61. The summed E-state index contributed by atoms with van der Waals surface area (Å²) in [7, 11) is 0. The van der Waals surface area contributed by atoms with Crippen molar-refractivity contribution in [1.82, 2.24) is 0 Å². The molecule has 0 spiro atoms. The molecule has 2 aromatic rings. The minimum atomic E-state index is -1.04. The molecule has 4 heteroatoms. The van der Waals surface area contributed by atoms with Crippen LogP contribution in [0.5, 0.6) is 0 Å². The molecule has 0 bridgehead atoms. The predicted molar refractivity (Wildman–Crippen MR) is 53.7 cm³/mol. The Morgan fingerprint density at radius 3 is 2.71 bits per heavy atom. The molecular formula is C10H8O3S. The predicted octanol–water partition coefficient (Wildman–Crippen LogP) is 3.01. The average Bonchev–Trinajstić information content (AvgIpc) is 2.71. The van der Waals surface area contributed by atoms with E-state index in [0.717, 1.165) is 10.4 Å². The molecule has 0 atom stereocenters. The molecule has 0 saturated heterocycles. The highest BCUT2D eigenvalue weighted by Crippen LogP contribution is 2.28. The van der Waals surface area contributed by atoms with E-state index < -0.39 is 5.97 Å². The van der Waals surface area contributed by atoms with Crippen molar-refractivity contribution in [2.75, 3.05) is 0 Å². The van der Waals surface area contributed by atoms with Crippen LogP contribution >= 0.6 is 11.3 Å². The third-order valence-corrected chi connectivity index (χ3v) is 2.79. The molecule has 1 N–H and O–H groups in total. The van der Waals surface area contributed by atoms with Crippen molar-refractivity contribution in [2.45, 2.75) is 6.92 Å². The number of hydrogen-bond acceptors (Lipinski definition) is 3. The van der Waals surface area contributed by atoms with E-state index in [1.807, 2.05) is 18.4 Å². The summed E-state index contributed by atoms with van der Waals surface area (Å²) < 4.78 is 5.18. The van der Waals surface area contributed by atoms with Crippen LogP contribution in [0.15, 0.2) is 28.0 Å². The van der Waals surface area contributed by atoms with Gasteiger partial charge in [0.2, 0.25) is 5.76 Å². The summed E-state index contributed by atoms with van der Waals surface area (Å²) in [6.07, 6.45) is 0. The van der Waals surface area contributed by atoms with Crippen LogP contribution in [0.3, 0.4) is 0 Å². The van der Waals surface area contributed by atoms with Gasteiger partial charge in [-0.2, -0.15) is 0 Å².